The molecular formula is C21H34IN5O2. The van der Waals surface area contributed by atoms with Crippen molar-refractivity contribution in [3.05, 3.63) is 29.8 Å². The summed E-state index contributed by atoms with van der Waals surface area (Å²) in [5, 5.41) is 2.99. The molecule has 0 radical (unpaired) electrons. The number of guanidine groups is 1. The van der Waals surface area contributed by atoms with Gasteiger partial charge in [-0.15, -0.1) is 24.0 Å². The van der Waals surface area contributed by atoms with Crippen molar-refractivity contribution in [1.82, 2.24) is 9.80 Å². The highest BCUT2D eigenvalue weighted by Gasteiger charge is 2.13. The largest absolute Gasteiger partial charge is 0.379 e. The van der Waals surface area contributed by atoms with E-state index in [1.165, 1.54) is 25.7 Å². The fourth-order valence-corrected chi connectivity index (χ4v) is 3.63. The number of morpholine rings is 1. The van der Waals surface area contributed by atoms with E-state index in [0.717, 1.165) is 57.2 Å². The van der Waals surface area contributed by atoms with Crippen molar-refractivity contribution in [2.24, 2.45) is 10.7 Å². The summed E-state index contributed by atoms with van der Waals surface area (Å²) < 4.78 is 5.34. The van der Waals surface area contributed by atoms with Gasteiger partial charge in [0.1, 0.15) is 0 Å². The summed E-state index contributed by atoms with van der Waals surface area (Å²) in [6.45, 7) is 6.60. The molecule has 2 saturated heterocycles. The van der Waals surface area contributed by atoms with Crippen LogP contribution in [0.3, 0.4) is 0 Å². The highest BCUT2D eigenvalue weighted by Crippen LogP contribution is 2.13. The minimum Gasteiger partial charge on any atom is -0.379 e. The second kappa shape index (κ2) is 13.0. The monoisotopic (exact) mass is 515 g/mol. The van der Waals surface area contributed by atoms with Gasteiger partial charge in [0.25, 0.3) is 0 Å². The van der Waals surface area contributed by atoms with Crippen molar-refractivity contribution < 1.29 is 9.53 Å². The fourth-order valence-electron chi connectivity index (χ4n) is 3.63. The Kier molecular flexibility index (Phi) is 10.7. The summed E-state index contributed by atoms with van der Waals surface area (Å²) in [7, 11) is 0. The van der Waals surface area contributed by atoms with Crippen molar-refractivity contribution >= 4 is 41.5 Å². The van der Waals surface area contributed by atoms with E-state index >= 15 is 0 Å². The van der Waals surface area contributed by atoms with Gasteiger partial charge in [0.05, 0.1) is 19.8 Å². The number of ether oxygens (including phenoxy) is 1. The number of likely N-dealkylation sites (tertiary alicyclic amines) is 1. The molecule has 0 aliphatic carbocycles. The summed E-state index contributed by atoms with van der Waals surface area (Å²) in [5.41, 5.74) is 8.05. The van der Waals surface area contributed by atoms with Crippen LogP contribution >= 0.6 is 24.0 Å². The summed E-state index contributed by atoms with van der Waals surface area (Å²) in [4.78, 5) is 21.3. The molecule has 7 nitrogen and oxygen atoms in total. The average molecular weight is 515 g/mol. The third-order valence-corrected chi connectivity index (χ3v) is 5.32. The molecule has 162 valence electrons. The lowest BCUT2D eigenvalue weighted by Crippen LogP contribution is -2.38. The standard InChI is InChI=1S/C21H33N5O2.HI/c22-21(26-9-3-1-2-4-10-26)23-17-18-6-5-7-19(16-18)24-20(27)8-11-25-12-14-28-15-13-25;/h5-7,16H,1-4,8-15,17H2,(H2,22,23)(H,24,27);1H. The number of anilines is 1. The van der Waals surface area contributed by atoms with E-state index in [1.807, 2.05) is 24.3 Å². The van der Waals surface area contributed by atoms with E-state index in [1.54, 1.807) is 0 Å². The van der Waals surface area contributed by atoms with Crippen LogP contribution in [-0.4, -0.2) is 67.6 Å². The number of amides is 1. The summed E-state index contributed by atoms with van der Waals surface area (Å²) >= 11 is 0. The molecule has 1 amide bonds. The summed E-state index contributed by atoms with van der Waals surface area (Å²) in [5.74, 6) is 0.665. The van der Waals surface area contributed by atoms with E-state index in [0.29, 0.717) is 18.9 Å². The molecular weight excluding hydrogens is 481 g/mol. The number of nitrogens with one attached hydrogen (secondary N) is 1. The van der Waals surface area contributed by atoms with Gasteiger partial charge in [-0.1, -0.05) is 25.0 Å². The van der Waals surface area contributed by atoms with Crippen LogP contribution in [0.25, 0.3) is 0 Å². The molecule has 0 unspecified atom stereocenters. The van der Waals surface area contributed by atoms with Crippen LogP contribution in [0, 0.1) is 0 Å². The van der Waals surface area contributed by atoms with Crippen molar-refractivity contribution in [1.29, 1.82) is 0 Å². The van der Waals surface area contributed by atoms with Gasteiger partial charge in [-0.2, -0.15) is 0 Å². The summed E-state index contributed by atoms with van der Waals surface area (Å²) in [6, 6.07) is 7.86. The third kappa shape index (κ3) is 8.47. The third-order valence-electron chi connectivity index (χ3n) is 5.32. The van der Waals surface area contributed by atoms with Crippen LogP contribution in [0.1, 0.15) is 37.7 Å². The van der Waals surface area contributed by atoms with Crippen LogP contribution in [0.2, 0.25) is 0 Å². The molecule has 2 aliphatic heterocycles. The minimum absolute atomic E-state index is 0. The number of halogens is 1. The Bertz CT molecular complexity index is 656. The number of nitrogens with two attached hydrogens (primary N) is 1. The lowest BCUT2D eigenvalue weighted by atomic mass is 10.2. The lowest BCUT2D eigenvalue weighted by Gasteiger charge is -2.26. The molecule has 29 heavy (non-hydrogen) atoms. The number of carbonyl (C=O) groups excluding carboxylic acids is 1. The van der Waals surface area contributed by atoms with Gasteiger partial charge in [0.2, 0.25) is 5.91 Å². The Balaban J connectivity index is 0.00000300. The van der Waals surface area contributed by atoms with Crippen molar-refractivity contribution in [3.8, 4) is 0 Å². The van der Waals surface area contributed by atoms with Gasteiger partial charge in [-0.05, 0) is 30.5 Å². The summed E-state index contributed by atoms with van der Waals surface area (Å²) in [6.07, 6.45) is 5.41. The topological polar surface area (TPSA) is 83.2 Å². The Labute approximate surface area is 191 Å². The van der Waals surface area contributed by atoms with E-state index in [2.05, 4.69) is 20.1 Å². The van der Waals surface area contributed by atoms with Crippen LogP contribution < -0.4 is 11.1 Å². The smallest absolute Gasteiger partial charge is 0.225 e. The Morgan fingerprint density at radius 1 is 1.10 bits per heavy atom. The molecule has 3 rings (SSSR count). The van der Waals surface area contributed by atoms with Gasteiger partial charge in [0.15, 0.2) is 5.96 Å². The Morgan fingerprint density at radius 2 is 1.83 bits per heavy atom. The number of carbonyl (C=O) groups is 1. The lowest BCUT2D eigenvalue weighted by molar-refractivity contribution is -0.116. The van der Waals surface area contributed by atoms with E-state index in [9.17, 15) is 4.79 Å². The maximum atomic E-state index is 12.2. The average Bonchev–Trinajstić information content (AvgIpc) is 3.01. The predicted octanol–water partition coefficient (Wildman–Crippen LogP) is 2.66. The number of hydrogen-bond donors (Lipinski definition) is 2. The number of benzene rings is 1. The Morgan fingerprint density at radius 3 is 2.55 bits per heavy atom. The maximum Gasteiger partial charge on any atom is 0.225 e. The Hall–Kier alpha value is -1.39. The van der Waals surface area contributed by atoms with Crippen LogP contribution in [0.5, 0.6) is 0 Å². The number of aliphatic imine (C=N–C) groups is 1. The van der Waals surface area contributed by atoms with E-state index in [-0.39, 0.29) is 29.9 Å². The number of hydrogen-bond acceptors (Lipinski definition) is 4. The molecule has 0 atom stereocenters. The van der Waals surface area contributed by atoms with Crippen LogP contribution in [-0.2, 0) is 16.1 Å². The zero-order chi connectivity index (χ0) is 19.6. The van der Waals surface area contributed by atoms with E-state index < -0.39 is 0 Å². The van der Waals surface area contributed by atoms with Crippen molar-refractivity contribution in [3.63, 3.8) is 0 Å². The first-order chi connectivity index (χ1) is 13.7. The highest BCUT2D eigenvalue weighted by atomic mass is 127. The van der Waals surface area contributed by atoms with Crippen LogP contribution in [0.15, 0.2) is 29.3 Å². The zero-order valence-corrected chi connectivity index (χ0v) is 19.5. The van der Waals surface area contributed by atoms with Crippen molar-refractivity contribution in [2.75, 3.05) is 51.3 Å². The van der Waals surface area contributed by atoms with Crippen LogP contribution in [0.4, 0.5) is 5.69 Å². The molecule has 0 aromatic heterocycles. The molecule has 8 heteroatoms. The number of nitrogens with zero attached hydrogens (tertiary/aromatic N) is 3. The van der Waals surface area contributed by atoms with E-state index in [4.69, 9.17) is 10.5 Å². The maximum absolute atomic E-state index is 12.2. The second-order valence-electron chi connectivity index (χ2n) is 7.53. The first-order valence-corrected chi connectivity index (χ1v) is 10.4. The minimum atomic E-state index is 0. The quantitative estimate of drug-likeness (QED) is 0.346. The highest BCUT2D eigenvalue weighted by molar-refractivity contribution is 14.0. The molecule has 2 heterocycles. The molecule has 0 saturated carbocycles. The fraction of sp³-hybridized carbons (Fsp3) is 0.619. The van der Waals surface area contributed by atoms with Gasteiger partial charge < -0.3 is 20.7 Å². The molecule has 0 spiro atoms. The van der Waals surface area contributed by atoms with Gasteiger partial charge >= 0.3 is 0 Å². The van der Waals surface area contributed by atoms with Gasteiger partial charge in [0, 0.05) is 44.8 Å². The predicted molar refractivity (Wildman–Crippen MR) is 128 cm³/mol. The first-order valence-electron chi connectivity index (χ1n) is 10.4. The molecule has 3 N–H and O–H groups in total. The zero-order valence-electron chi connectivity index (χ0n) is 17.1. The SMILES string of the molecule is I.NC(=NCc1cccc(NC(=O)CCN2CCOCC2)c1)N1CCCCCC1. The molecule has 0 bridgehead atoms. The molecule has 1 aromatic rings. The first kappa shape index (κ1) is 23.9. The second-order valence-corrected chi connectivity index (χ2v) is 7.53. The molecule has 2 fully saturated rings. The molecule has 1 aromatic carbocycles. The van der Waals surface area contributed by atoms with Crippen molar-refractivity contribution in [2.45, 2.75) is 38.6 Å². The normalized spacial score (nSPS) is 18.6. The number of rotatable bonds is 6. The molecule has 2 aliphatic rings. The van der Waals surface area contributed by atoms with Gasteiger partial charge in [-0.25, -0.2) is 4.99 Å². The van der Waals surface area contributed by atoms with Gasteiger partial charge in [-0.3, -0.25) is 9.69 Å².